The zero-order valence-electron chi connectivity index (χ0n) is 12.2. The predicted octanol–water partition coefficient (Wildman–Crippen LogP) is 3.39. The number of carbonyl (C=O) groups excluding carboxylic acids is 1. The molecule has 0 heterocycles. The van der Waals surface area contributed by atoms with Gasteiger partial charge in [0.15, 0.2) is 0 Å². The Morgan fingerprint density at radius 2 is 1.84 bits per heavy atom. The van der Waals surface area contributed by atoms with Gasteiger partial charge < -0.3 is 15.3 Å². The van der Waals surface area contributed by atoms with Crippen LogP contribution in [0.15, 0.2) is 24.3 Å². The van der Waals surface area contributed by atoms with Crippen LogP contribution in [0, 0.1) is 0 Å². The molecule has 0 fully saturated rings. The van der Waals surface area contributed by atoms with E-state index in [1.807, 2.05) is 43.0 Å². The van der Waals surface area contributed by atoms with Crippen LogP contribution >= 0.6 is 0 Å². The third-order valence-corrected chi connectivity index (χ3v) is 3.37. The van der Waals surface area contributed by atoms with Crippen LogP contribution in [-0.4, -0.2) is 28.6 Å². The maximum absolute atomic E-state index is 12.1. The lowest BCUT2D eigenvalue weighted by Gasteiger charge is -2.27. The predicted molar refractivity (Wildman–Crippen MR) is 78.2 cm³/mol. The topological polar surface area (TPSA) is 52.6 Å². The van der Waals surface area contributed by atoms with Gasteiger partial charge in [-0.15, -0.1) is 0 Å². The molecule has 0 aromatic heterocycles. The van der Waals surface area contributed by atoms with Crippen molar-refractivity contribution in [1.82, 2.24) is 4.90 Å². The van der Waals surface area contributed by atoms with E-state index >= 15 is 0 Å². The van der Waals surface area contributed by atoms with Crippen molar-refractivity contribution in [3.05, 3.63) is 29.8 Å². The van der Waals surface area contributed by atoms with Gasteiger partial charge in [-0.1, -0.05) is 19.1 Å². The van der Waals surface area contributed by atoms with Crippen molar-refractivity contribution in [1.29, 1.82) is 0 Å². The lowest BCUT2D eigenvalue weighted by atomic mass is 10.1. The molecule has 2 unspecified atom stereocenters. The summed E-state index contributed by atoms with van der Waals surface area (Å²) >= 11 is 0. The lowest BCUT2D eigenvalue weighted by Crippen LogP contribution is -2.40. The molecule has 1 rings (SSSR count). The molecule has 0 saturated heterocycles. The minimum absolute atomic E-state index is 0.0818. The van der Waals surface area contributed by atoms with Gasteiger partial charge in [0.25, 0.3) is 0 Å². The molecule has 1 aromatic rings. The Kier molecular flexibility index (Phi) is 5.83. The highest BCUT2D eigenvalue weighted by Gasteiger charge is 2.16. The number of hydrogen-bond donors (Lipinski definition) is 2. The molecule has 4 nitrogen and oxygen atoms in total. The third kappa shape index (κ3) is 4.24. The normalized spacial score (nSPS) is 13.7. The summed E-state index contributed by atoms with van der Waals surface area (Å²) in [5.41, 5.74) is 1.59. The van der Waals surface area contributed by atoms with Crippen molar-refractivity contribution in [3.63, 3.8) is 0 Å². The van der Waals surface area contributed by atoms with Gasteiger partial charge in [-0.05, 0) is 44.9 Å². The minimum Gasteiger partial charge on any atom is -0.389 e. The molecule has 2 N–H and O–H groups in total. The number of benzene rings is 1. The largest absolute Gasteiger partial charge is 0.389 e. The Labute approximate surface area is 115 Å². The molecule has 106 valence electrons. The Balaban J connectivity index is 2.70. The van der Waals surface area contributed by atoms with Crippen molar-refractivity contribution >= 4 is 11.7 Å². The first-order valence-electron chi connectivity index (χ1n) is 6.85. The first-order valence-corrected chi connectivity index (χ1v) is 6.85. The Hall–Kier alpha value is -1.55. The summed E-state index contributed by atoms with van der Waals surface area (Å²) in [6.07, 6.45) is 0.444. The average Bonchev–Trinajstić information content (AvgIpc) is 2.39. The third-order valence-electron chi connectivity index (χ3n) is 3.37. The molecule has 2 atom stereocenters. The van der Waals surface area contributed by atoms with E-state index in [0.29, 0.717) is 6.54 Å². The number of amides is 2. The Bertz CT molecular complexity index is 401. The number of nitrogens with zero attached hydrogens (tertiary/aromatic N) is 1. The van der Waals surface area contributed by atoms with Gasteiger partial charge in [0.2, 0.25) is 0 Å². The Morgan fingerprint density at radius 1 is 1.26 bits per heavy atom. The number of hydrogen-bond acceptors (Lipinski definition) is 2. The first kappa shape index (κ1) is 15.5. The van der Waals surface area contributed by atoms with Gasteiger partial charge in [0.05, 0.1) is 6.10 Å². The summed E-state index contributed by atoms with van der Waals surface area (Å²) in [6, 6.07) is 7.40. The van der Waals surface area contributed by atoms with Crippen LogP contribution in [0.3, 0.4) is 0 Å². The van der Waals surface area contributed by atoms with Crippen LogP contribution in [0.1, 0.15) is 45.8 Å². The van der Waals surface area contributed by atoms with Crippen LogP contribution in [0.25, 0.3) is 0 Å². The molecular formula is C15H24N2O2. The lowest BCUT2D eigenvalue weighted by molar-refractivity contribution is 0.195. The second kappa shape index (κ2) is 7.14. The molecule has 0 radical (unpaired) electrons. The summed E-state index contributed by atoms with van der Waals surface area (Å²) in [4.78, 5) is 13.9. The summed E-state index contributed by atoms with van der Waals surface area (Å²) < 4.78 is 0. The number of urea groups is 1. The molecule has 0 aliphatic heterocycles. The van der Waals surface area contributed by atoms with Crippen LogP contribution in [0.2, 0.25) is 0 Å². The van der Waals surface area contributed by atoms with E-state index in [4.69, 9.17) is 0 Å². The summed E-state index contributed by atoms with van der Waals surface area (Å²) in [7, 11) is 0. The second-order valence-electron chi connectivity index (χ2n) is 4.77. The van der Waals surface area contributed by atoms with Crippen LogP contribution in [-0.2, 0) is 0 Å². The maximum Gasteiger partial charge on any atom is 0.322 e. The number of rotatable bonds is 5. The number of nitrogens with one attached hydrogen (secondary N) is 1. The monoisotopic (exact) mass is 264 g/mol. The van der Waals surface area contributed by atoms with E-state index in [0.717, 1.165) is 17.7 Å². The van der Waals surface area contributed by atoms with E-state index < -0.39 is 6.10 Å². The molecule has 1 aromatic carbocycles. The zero-order chi connectivity index (χ0) is 14.4. The van der Waals surface area contributed by atoms with Crippen molar-refractivity contribution in [3.8, 4) is 0 Å². The van der Waals surface area contributed by atoms with Crippen molar-refractivity contribution in [2.45, 2.75) is 46.3 Å². The molecular weight excluding hydrogens is 240 g/mol. The van der Waals surface area contributed by atoms with Gasteiger partial charge in [-0.25, -0.2) is 4.79 Å². The highest BCUT2D eigenvalue weighted by molar-refractivity contribution is 5.89. The SMILES string of the molecule is CCC(C)N(CC)C(=O)Nc1ccc(C(C)O)cc1. The molecule has 0 spiro atoms. The van der Waals surface area contributed by atoms with E-state index in [-0.39, 0.29) is 12.1 Å². The molecule has 0 aliphatic rings. The van der Waals surface area contributed by atoms with Gasteiger partial charge in [-0.3, -0.25) is 0 Å². The fourth-order valence-corrected chi connectivity index (χ4v) is 1.92. The van der Waals surface area contributed by atoms with Crippen molar-refractivity contribution in [2.75, 3.05) is 11.9 Å². The fourth-order valence-electron chi connectivity index (χ4n) is 1.92. The standard InChI is InChI=1S/C15H24N2O2/c1-5-11(3)17(6-2)15(19)16-14-9-7-13(8-10-14)12(4)18/h7-12,18H,5-6H2,1-4H3,(H,16,19). The number of carbonyl (C=O) groups is 1. The molecule has 19 heavy (non-hydrogen) atoms. The summed E-state index contributed by atoms with van der Waals surface area (Å²) in [5, 5.41) is 12.3. The van der Waals surface area contributed by atoms with Crippen LogP contribution in [0.4, 0.5) is 10.5 Å². The molecule has 4 heteroatoms. The van der Waals surface area contributed by atoms with Gasteiger partial charge >= 0.3 is 6.03 Å². The van der Waals surface area contributed by atoms with Gasteiger partial charge in [0, 0.05) is 18.3 Å². The van der Waals surface area contributed by atoms with E-state index in [1.54, 1.807) is 6.92 Å². The molecule has 0 bridgehead atoms. The van der Waals surface area contributed by atoms with E-state index in [1.165, 1.54) is 0 Å². The quantitative estimate of drug-likeness (QED) is 0.856. The van der Waals surface area contributed by atoms with E-state index in [9.17, 15) is 9.90 Å². The number of aliphatic hydroxyl groups is 1. The smallest absolute Gasteiger partial charge is 0.322 e. The van der Waals surface area contributed by atoms with E-state index in [2.05, 4.69) is 12.2 Å². The van der Waals surface area contributed by atoms with Crippen molar-refractivity contribution in [2.24, 2.45) is 0 Å². The Morgan fingerprint density at radius 3 is 2.26 bits per heavy atom. The maximum atomic E-state index is 12.1. The van der Waals surface area contributed by atoms with Gasteiger partial charge in [0.1, 0.15) is 0 Å². The minimum atomic E-state index is -0.489. The van der Waals surface area contributed by atoms with Crippen LogP contribution < -0.4 is 5.32 Å². The summed E-state index contributed by atoms with van der Waals surface area (Å²) in [6.45, 7) is 8.49. The average molecular weight is 264 g/mol. The molecule has 2 amide bonds. The highest BCUT2D eigenvalue weighted by Crippen LogP contribution is 2.16. The van der Waals surface area contributed by atoms with Crippen LogP contribution in [0.5, 0.6) is 0 Å². The number of anilines is 1. The van der Waals surface area contributed by atoms with Gasteiger partial charge in [-0.2, -0.15) is 0 Å². The van der Waals surface area contributed by atoms with Crippen molar-refractivity contribution < 1.29 is 9.90 Å². The number of aliphatic hydroxyl groups excluding tert-OH is 1. The summed E-state index contributed by atoms with van der Waals surface area (Å²) in [5.74, 6) is 0. The zero-order valence-corrected chi connectivity index (χ0v) is 12.2. The fraction of sp³-hybridized carbons (Fsp3) is 0.533. The second-order valence-corrected chi connectivity index (χ2v) is 4.77. The molecule has 0 saturated carbocycles. The molecule has 0 aliphatic carbocycles. The highest BCUT2D eigenvalue weighted by atomic mass is 16.3. The first-order chi connectivity index (χ1) is 8.99.